The summed E-state index contributed by atoms with van der Waals surface area (Å²) >= 11 is 0. The Bertz CT molecular complexity index is 149. The summed E-state index contributed by atoms with van der Waals surface area (Å²) in [7, 11) is 3.55. The van der Waals surface area contributed by atoms with Crippen molar-refractivity contribution < 1.29 is 9.47 Å². The van der Waals surface area contributed by atoms with Gasteiger partial charge in [0, 0.05) is 20.6 Å². The Kier molecular flexibility index (Phi) is 3.76. The van der Waals surface area contributed by atoms with Crippen LogP contribution in [0.3, 0.4) is 0 Å². The molecule has 2 unspecified atom stereocenters. The molecule has 0 aliphatic heterocycles. The lowest BCUT2D eigenvalue weighted by atomic mass is 9.90. The Morgan fingerprint density at radius 3 is 2.00 bits per heavy atom. The van der Waals surface area contributed by atoms with Gasteiger partial charge >= 0.3 is 0 Å². The molecule has 0 saturated heterocycles. The molecule has 0 N–H and O–H groups in total. The average molecular weight is 170 g/mol. The van der Waals surface area contributed by atoms with E-state index in [1.54, 1.807) is 14.2 Å². The summed E-state index contributed by atoms with van der Waals surface area (Å²) in [5.41, 5.74) is 1.46. The highest BCUT2D eigenvalue weighted by Crippen LogP contribution is 2.27. The normalized spacial score (nSPS) is 30.4. The molecule has 0 bridgehead atoms. The summed E-state index contributed by atoms with van der Waals surface area (Å²) in [5.74, 6) is 0. The van der Waals surface area contributed by atoms with Crippen LogP contribution >= 0.6 is 0 Å². The van der Waals surface area contributed by atoms with Gasteiger partial charge in [-0.15, -0.1) is 0 Å². The van der Waals surface area contributed by atoms with Gasteiger partial charge < -0.3 is 9.47 Å². The maximum Gasteiger partial charge on any atom is 0.0633 e. The van der Waals surface area contributed by atoms with E-state index in [0.717, 1.165) is 19.3 Å². The predicted molar refractivity (Wildman–Crippen MR) is 49.2 cm³/mol. The molecule has 0 aromatic rings. The molecule has 0 aromatic carbocycles. The second-order valence-corrected chi connectivity index (χ2v) is 3.31. The van der Waals surface area contributed by atoms with E-state index in [4.69, 9.17) is 9.47 Å². The predicted octanol–water partition coefficient (Wildman–Crippen LogP) is 2.15. The van der Waals surface area contributed by atoms with Crippen LogP contribution in [0.25, 0.3) is 0 Å². The first-order valence-electron chi connectivity index (χ1n) is 4.49. The number of methoxy groups -OCH3 is 2. The van der Waals surface area contributed by atoms with Gasteiger partial charge in [-0.1, -0.05) is 11.6 Å². The lowest BCUT2D eigenvalue weighted by Gasteiger charge is -2.29. The molecule has 2 atom stereocenters. The maximum atomic E-state index is 5.33. The molecule has 0 radical (unpaired) electrons. The number of hydrogen-bond donors (Lipinski definition) is 0. The highest BCUT2D eigenvalue weighted by atomic mass is 16.5. The third-order valence-corrected chi connectivity index (χ3v) is 2.58. The molecule has 0 heterocycles. The first kappa shape index (κ1) is 9.75. The zero-order valence-corrected chi connectivity index (χ0v) is 8.17. The zero-order chi connectivity index (χ0) is 8.97. The standard InChI is InChI=1S/C10H18O2/c1-4-8-5-9(11-2)7-10(6-8)12-3/h4,9-10H,5-7H2,1-3H3. The molecular weight excluding hydrogens is 152 g/mol. The van der Waals surface area contributed by atoms with Crippen molar-refractivity contribution in [1.82, 2.24) is 0 Å². The van der Waals surface area contributed by atoms with Crippen molar-refractivity contribution in [2.75, 3.05) is 14.2 Å². The van der Waals surface area contributed by atoms with E-state index in [1.807, 2.05) is 0 Å². The van der Waals surface area contributed by atoms with Crippen molar-refractivity contribution in [3.8, 4) is 0 Å². The fourth-order valence-corrected chi connectivity index (χ4v) is 1.72. The summed E-state index contributed by atoms with van der Waals surface area (Å²) in [6, 6.07) is 0. The van der Waals surface area contributed by atoms with E-state index in [2.05, 4.69) is 13.0 Å². The Labute approximate surface area is 74.6 Å². The van der Waals surface area contributed by atoms with Crippen molar-refractivity contribution in [2.24, 2.45) is 0 Å². The average Bonchev–Trinajstić information content (AvgIpc) is 2.16. The van der Waals surface area contributed by atoms with Gasteiger partial charge in [0.2, 0.25) is 0 Å². The van der Waals surface area contributed by atoms with E-state index < -0.39 is 0 Å². The van der Waals surface area contributed by atoms with Gasteiger partial charge in [0.05, 0.1) is 12.2 Å². The van der Waals surface area contributed by atoms with Crippen LogP contribution in [0.1, 0.15) is 26.2 Å². The molecule has 1 fully saturated rings. The monoisotopic (exact) mass is 170 g/mol. The smallest absolute Gasteiger partial charge is 0.0633 e. The van der Waals surface area contributed by atoms with Crippen molar-refractivity contribution in [1.29, 1.82) is 0 Å². The third kappa shape index (κ3) is 2.32. The molecule has 1 rings (SSSR count). The fourth-order valence-electron chi connectivity index (χ4n) is 1.72. The van der Waals surface area contributed by atoms with Gasteiger partial charge in [-0.25, -0.2) is 0 Å². The van der Waals surface area contributed by atoms with Crippen molar-refractivity contribution in [2.45, 2.75) is 38.4 Å². The number of hydrogen-bond acceptors (Lipinski definition) is 2. The molecule has 0 spiro atoms. The van der Waals surface area contributed by atoms with Crippen molar-refractivity contribution in [3.05, 3.63) is 11.6 Å². The topological polar surface area (TPSA) is 18.5 Å². The minimum Gasteiger partial charge on any atom is -0.381 e. The highest BCUT2D eigenvalue weighted by Gasteiger charge is 2.23. The minimum atomic E-state index is 0.356. The van der Waals surface area contributed by atoms with Gasteiger partial charge in [0.25, 0.3) is 0 Å². The summed E-state index contributed by atoms with van der Waals surface area (Å²) in [5, 5.41) is 0. The van der Waals surface area contributed by atoms with Gasteiger partial charge in [-0.2, -0.15) is 0 Å². The lowest BCUT2D eigenvalue weighted by Crippen LogP contribution is -2.27. The molecule has 0 amide bonds. The number of rotatable bonds is 2. The Balaban J connectivity index is 2.52. The molecule has 12 heavy (non-hydrogen) atoms. The number of allylic oxidation sites excluding steroid dienone is 1. The van der Waals surface area contributed by atoms with Crippen LogP contribution in [0, 0.1) is 0 Å². The number of ether oxygens (including phenoxy) is 2. The maximum absolute atomic E-state index is 5.33. The van der Waals surface area contributed by atoms with E-state index in [0.29, 0.717) is 12.2 Å². The minimum absolute atomic E-state index is 0.356. The van der Waals surface area contributed by atoms with Crippen molar-refractivity contribution in [3.63, 3.8) is 0 Å². The molecule has 1 saturated carbocycles. The summed E-state index contributed by atoms with van der Waals surface area (Å²) < 4.78 is 10.7. The largest absolute Gasteiger partial charge is 0.381 e. The second kappa shape index (κ2) is 4.63. The van der Waals surface area contributed by atoms with Crippen molar-refractivity contribution >= 4 is 0 Å². The van der Waals surface area contributed by atoms with Crippen LogP contribution in [0.2, 0.25) is 0 Å². The van der Waals surface area contributed by atoms with E-state index >= 15 is 0 Å². The summed E-state index contributed by atoms with van der Waals surface area (Å²) in [4.78, 5) is 0. The molecule has 2 heteroatoms. The van der Waals surface area contributed by atoms with E-state index in [1.165, 1.54) is 5.57 Å². The first-order chi connectivity index (χ1) is 5.80. The highest BCUT2D eigenvalue weighted by molar-refractivity contribution is 5.07. The molecule has 0 aromatic heterocycles. The van der Waals surface area contributed by atoms with Crippen LogP contribution in [0.4, 0.5) is 0 Å². The molecule has 70 valence electrons. The van der Waals surface area contributed by atoms with Crippen LogP contribution in [0.15, 0.2) is 11.6 Å². The quantitative estimate of drug-likeness (QED) is 0.591. The van der Waals surface area contributed by atoms with E-state index in [9.17, 15) is 0 Å². The van der Waals surface area contributed by atoms with E-state index in [-0.39, 0.29) is 0 Å². The summed E-state index contributed by atoms with van der Waals surface area (Å²) in [6.45, 7) is 2.08. The van der Waals surface area contributed by atoms with Crippen LogP contribution in [-0.2, 0) is 9.47 Å². The fraction of sp³-hybridized carbons (Fsp3) is 0.800. The molecule has 1 aliphatic rings. The Morgan fingerprint density at radius 2 is 1.67 bits per heavy atom. The zero-order valence-electron chi connectivity index (χ0n) is 8.17. The molecule has 1 aliphatic carbocycles. The van der Waals surface area contributed by atoms with Crippen LogP contribution in [-0.4, -0.2) is 26.4 Å². The summed E-state index contributed by atoms with van der Waals surface area (Å²) in [6.07, 6.45) is 6.08. The SMILES string of the molecule is CC=C1CC(OC)CC(OC)C1. The van der Waals surface area contributed by atoms with Crippen LogP contribution in [0.5, 0.6) is 0 Å². The Morgan fingerprint density at radius 1 is 1.17 bits per heavy atom. The Hall–Kier alpha value is -0.340. The lowest BCUT2D eigenvalue weighted by molar-refractivity contribution is 0.00681. The van der Waals surface area contributed by atoms with Gasteiger partial charge in [-0.3, -0.25) is 0 Å². The van der Waals surface area contributed by atoms with Gasteiger partial charge in [-0.05, 0) is 19.8 Å². The first-order valence-corrected chi connectivity index (χ1v) is 4.49. The van der Waals surface area contributed by atoms with Crippen LogP contribution < -0.4 is 0 Å². The third-order valence-electron chi connectivity index (χ3n) is 2.58. The molecule has 2 nitrogen and oxygen atoms in total. The van der Waals surface area contributed by atoms with Gasteiger partial charge in [0.15, 0.2) is 0 Å². The molecular formula is C10H18O2. The van der Waals surface area contributed by atoms with Gasteiger partial charge in [0.1, 0.15) is 0 Å². The second-order valence-electron chi connectivity index (χ2n) is 3.31.